The summed E-state index contributed by atoms with van der Waals surface area (Å²) in [4.78, 5) is 36.1. The predicted molar refractivity (Wildman–Crippen MR) is 173 cm³/mol. The topological polar surface area (TPSA) is 152 Å². The third-order valence-electron chi connectivity index (χ3n) is 7.73. The quantitative estimate of drug-likeness (QED) is 0.227. The molecule has 46 heavy (non-hydrogen) atoms. The monoisotopic (exact) mass is 692 g/mol. The zero-order valence-corrected chi connectivity index (χ0v) is 24.7. The van der Waals surface area contributed by atoms with Crippen molar-refractivity contribution in [2.24, 2.45) is 0 Å². The number of aromatic nitrogens is 8. The summed E-state index contributed by atoms with van der Waals surface area (Å²) in [6.07, 6.45) is 0. The second-order valence-corrected chi connectivity index (χ2v) is 12.8. The predicted octanol–water partition coefficient (Wildman–Crippen LogP) is 5.39. The van der Waals surface area contributed by atoms with Gasteiger partial charge in [-0.25, -0.2) is 0 Å². The first-order chi connectivity index (χ1) is 21.9. The van der Waals surface area contributed by atoms with Crippen LogP contribution in [0.4, 0.5) is 0 Å². The number of benzene rings is 4. The van der Waals surface area contributed by atoms with Crippen LogP contribution in [0.1, 0.15) is 0 Å². The van der Waals surface area contributed by atoms with Crippen molar-refractivity contribution in [3.8, 4) is 51.3 Å². The van der Waals surface area contributed by atoms with Gasteiger partial charge in [-0.3, -0.25) is 0 Å². The normalized spacial score (nSPS) is 12.0. The summed E-state index contributed by atoms with van der Waals surface area (Å²) in [6, 6.07) is 28.3. The SMILES string of the molecule is O=[S](=O)([Co])Oc1cccc2c3nc4nc(nc5[nH]c(nc6nc(nc([nH]3)c12)-c1ccccc1-6)c1ccccc51)-c1ccccc1-4.[KH]. The van der Waals surface area contributed by atoms with Crippen molar-refractivity contribution in [3.05, 3.63) is 91.0 Å². The fraction of sp³-hybridized carbons (Fsp3) is 0. The summed E-state index contributed by atoms with van der Waals surface area (Å²) in [5, 5.41) is 2.72. The first kappa shape index (κ1) is 29.5. The Bertz CT molecular complexity index is 2690. The standard InChI is InChI=1S/C32H17N8O3S.Co.K.H/c41-44(42)43-23-15-7-14-22-24(23)32-39-30-21-13-6-5-12-20(21)28(37-30)35-26-17-9-2-1-8-16(17)25(33-26)34-27-18-10-3-4-11-19(18)29(36-27)38-31(22)40-32;;;/h1-15H,(H2,33,34,35,36,37,38,39,40);;;. The number of nitrogens with one attached hydrogen (secondary N) is 2. The molecule has 2 aliphatic rings. The van der Waals surface area contributed by atoms with Gasteiger partial charge in [0.25, 0.3) is 0 Å². The maximum absolute atomic E-state index is 12.1. The molecule has 0 saturated carbocycles. The third kappa shape index (κ3) is 4.89. The number of rotatable bonds is 2. The first-order valence-electron chi connectivity index (χ1n) is 13.7. The molecular formula is C32H18CoKN8O3S. The van der Waals surface area contributed by atoms with E-state index in [9.17, 15) is 8.42 Å². The third-order valence-corrected chi connectivity index (χ3v) is 8.36. The average Bonchev–Trinajstić information content (AvgIpc) is 3.76. The van der Waals surface area contributed by atoms with Crippen LogP contribution < -0.4 is 4.18 Å². The van der Waals surface area contributed by atoms with Crippen LogP contribution in [0.25, 0.3) is 89.7 Å². The molecule has 0 saturated heterocycles. The van der Waals surface area contributed by atoms with Gasteiger partial charge in [0, 0.05) is 5.39 Å². The molecule has 11 nitrogen and oxygen atoms in total. The molecule has 14 heteroatoms. The van der Waals surface area contributed by atoms with Gasteiger partial charge in [0.2, 0.25) is 0 Å². The minimum atomic E-state index is -4.16. The Morgan fingerprint density at radius 3 is 1.37 bits per heavy atom. The molecule has 2 N–H and O–H groups in total. The summed E-state index contributed by atoms with van der Waals surface area (Å²) >= 11 is 3.68. The molecule has 0 spiro atoms. The fourth-order valence-electron chi connectivity index (χ4n) is 5.83. The fourth-order valence-corrected chi connectivity index (χ4v) is 6.46. The van der Waals surface area contributed by atoms with E-state index in [1.165, 1.54) is 6.07 Å². The summed E-state index contributed by atoms with van der Waals surface area (Å²) in [5.74, 6) is 1.80. The van der Waals surface area contributed by atoms with E-state index >= 15 is 0 Å². The molecule has 0 amide bonds. The Morgan fingerprint density at radius 2 is 0.891 bits per heavy atom. The van der Waals surface area contributed by atoms with Crippen molar-refractivity contribution in [1.29, 1.82) is 0 Å². The van der Waals surface area contributed by atoms with Crippen molar-refractivity contribution >= 4 is 104 Å². The van der Waals surface area contributed by atoms with Crippen molar-refractivity contribution in [2.45, 2.75) is 0 Å². The Labute approximate surface area is 310 Å². The minimum absolute atomic E-state index is 0. The first-order valence-corrected chi connectivity index (χ1v) is 16.3. The van der Waals surface area contributed by atoms with E-state index in [1.54, 1.807) is 12.1 Å². The number of hydrogen-bond acceptors (Lipinski definition) is 9. The second-order valence-electron chi connectivity index (χ2n) is 10.4. The van der Waals surface area contributed by atoms with Crippen LogP contribution in [0.5, 0.6) is 5.75 Å². The average molecular weight is 693 g/mol. The molecule has 9 rings (SSSR count). The van der Waals surface area contributed by atoms with E-state index in [0.29, 0.717) is 56.7 Å². The van der Waals surface area contributed by atoms with Crippen LogP contribution in [0.3, 0.4) is 0 Å². The summed E-state index contributed by atoms with van der Waals surface area (Å²) in [6.45, 7) is 0. The van der Waals surface area contributed by atoms with Gasteiger partial charge in [-0.1, -0.05) is 24.3 Å². The molecule has 220 valence electrons. The maximum atomic E-state index is 12.1. The number of hydrogen-bond donors (Lipinski definition) is 2. The van der Waals surface area contributed by atoms with Gasteiger partial charge < -0.3 is 0 Å². The Kier molecular flexibility index (Phi) is 7.15. The molecule has 8 bridgehead atoms. The Hall–Kier alpha value is -3.87. The van der Waals surface area contributed by atoms with Gasteiger partial charge in [-0.15, -0.1) is 0 Å². The van der Waals surface area contributed by atoms with Crippen molar-refractivity contribution < 1.29 is 27.2 Å². The molecule has 7 aromatic rings. The zero-order valence-electron chi connectivity index (χ0n) is 22.8. The van der Waals surface area contributed by atoms with Crippen LogP contribution in [0.2, 0.25) is 0 Å². The van der Waals surface area contributed by atoms with Crippen LogP contribution in [-0.4, -0.2) is 99.7 Å². The van der Waals surface area contributed by atoms with Crippen LogP contribution in [0.15, 0.2) is 91.0 Å². The molecule has 0 atom stereocenters. The number of aromatic amines is 2. The van der Waals surface area contributed by atoms with Gasteiger partial charge in [0.15, 0.2) is 0 Å². The van der Waals surface area contributed by atoms with Gasteiger partial charge in [-0.2, -0.15) is 0 Å². The Morgan fingerprint density at radius 1 is 0.500 bits per heavy atom. The molecule has 5 heterocycles. The molecule has 3 aromatic heterocycles. The molecule has 0 radical (unpaired) electrons. The van der Waals surface area contributed by atoms with E-state index in [-0.39, 0.29) is 57.1 Å². The van der Waals surface area contributed by atoms with E-state index in [4.69, 9.17) is 34.1 Å². The van der Waals surface area contributed by atoms with Gasteiger partial charge >= 0.3 is 284 Å². The summed E-state index contributed by atoms with van der Waals surface area (Å²) in [5.41, 5.74) is 5.06. The molecule has 0 unspecified atom stereocenters. The van der Waals surface area contributed by atoms with E-state index in [1.807, 2.05) is 72.8 Å². The van der Waals surface area contributed by atoms with Gasteiger partial charge in [0.05, 0.1) is 0 Å². The van der Waals surface area contributed by atoms with E-state index in [0.717, 1.165) is 33.0 Å². The van der Waals surface area contributed by atoms with Crippen molar-refractivity contribution in [3.63, 3.8) is 0 Å². The second kappa shape index (κ2) is 11.1. The molecule has 0 fully saturated rings. The van der Waals surface area contributed by atoms with E-state index < -0.39 is 8.59 Å². The molecule has 0 aliphatic carbocycles. The number of fused-ring (bicyclic) bond motifs is 20. The number of nitrogens with zero attached hydrogens (tertiary/aromatic N) is 6. The summed E-state index contributed by atoms with van der Waals surface area (Å²) < 4.78 is 29.5. The van der Waals surface area contributed by atoms with Crippen LogP contribution in [0, 0.1) is 0 Å². The zero-order chi connectivity index (χ0) is 30.3. The number of H-pyrrole nitrogens is 2. The van der Waals surface area contributed by atoms with Crippen molar-refractivity contribution in [2.75, 3.05) is 0 Å². The Balaban J connectivity index is 0.00000312. The summed E-state index contributed by atoms with van der Waals surface area (Å²) in [7, 11) is -4.16. The molecule has 2 aliphatic heterocycles. The van der Waals surface area contributed by atoms with Crippen LogP contribution >= 0.6 is 0 Å². The molecular weight excluding hydrogens is 675 g/mol. The van der Waals surface area contributed by atoms with Gasteiger partial charge in [0.1, 0.15) is 0 Å². The molecule has 4 aromatic carbocycles. The van der Waals surface area contributed by atoms with Crippen LogP contribution in [-0.2, 0) is 23.2 Å². The van der Waals surface area contributed by atoms with Crippen molar-refractivity contribution in [1.82, 2.24) is 39.9 Å². The van der Waals surface area contributed by atoms with Gasteiger partial charge in [-0.05, 0) is 0 Å². The van der Waals surface area contributed by atoms with E-state index in [2.05, 4.69) is 24.6 Å².